The highest BCUT2D eigenvalue weighted by atomic mass is 16.2. The number of piperazine rings is 1. The van der Waals surface area contributed by atoms with E-state index in [1.54, 1.807) is 17.1 Å². The van der Waals surface area contributed by atoms with Crippen LogP contribution in [0.2, 0.25) is 0 Å². The number of nitrogens with one attached hydrogen (secondary N) is 1. The highest BCUT2D eigenvalue weighted by Gasteiger charge is 2.24. The van der Waals surface area contributed by atoms with Gasteiger partial charge in [-0.3, -0.25) is 14.6 Å². The summed E-state index contributed by atoms with van der Waals surface area (Å²) >= 11 is 0. The summed E-state index contributed by atoms with van der Waals surface area (Å²) in [5.41, 5.74) is 2.22. The van der Waals surface area contributed by atoms with Crippen molar-refractivity contribution >= 4 is 6.03 Å². The van der Waals surface area contributed by atoms with Crippen molar-refractivity contribution in [2.75, 3.05) is 26.2 Å². The lowest BCUT2D eigenvalue weighted by atomic mass is 10.1. The molecule has 1 aliphatic rings. The summed E-state index contributed by atoms with van der Waals surface area (Å²) in [7, 11) is 1.87. The smallest absolute Gasteiger partial charge is 0.317 e. The third-order valence-corrected chi connectivity index (χ3v) is 4.52. The van der Waals surface area contributed by atoms with Crippen molar-refractivity contribution in [3.05, 3.63) is 48.0 Å². The number of aromatic nitrogens is 3. The minimum absolute atomic E-state index is 0.00691. The molecule has 1 atom stereocenters. The number of rotatable bonds is 4. The highest BCUT2D eigenvalue weighted by molar-refractivity contribution is 5.74. The van der Waals surface area contributed by atoms with E-state index in [1.807, 2.05) is 30.4 Å². The predicted octanol–water partition coefficient (Wildman–Crippen LogP) is 1.40. The van der Waals surface area contributed by atoms with Gasteiger partial charge in [-0.05, 0) is 18.6 Å². The van der Waals surface area contributed by atoms with Crippen LogP contribution in [0.1, 0.15) is 24.1 Å². The number of urea groups is 1. The van der Waals surface area contributed by atoms with Crippen LogP contribution in [-0.4, -0.2) is 56.8 Å². The van der Waals surface area contributed by atoms with Gasteiger partial charge < -0.3 is 10.2 Å². The number of nitrogens with zero attached hydrogens (tertiary/aromatic N) is 5. The van der Waals surface area contributed by atoms with Gasteiger partial charge in [-0.2, -0.15) is 5.10 Å². The molecule has 0 aliphatic carbocycles. The normalized spacial score (nSPS) is 16.8. The number of pyridine rings is 1. The van der Waals surface area contributed by atoms with Gasteiger partial charge in [0.25, 0.3) is 0 Å². The molecule has 2 aromatic heterocycles. The largest absolute Gasteiger partial charge is 0.334 e. The number of hydrogen-bond acceptors (Lipinski definition) is 4. The number of carbonyl (C=O) groups is 1. The molecule has 0 bridgehead atoms. The maximum Gasteiger partial charge on any atom is 0.317 e. The first-order valence-corrected chi connectivity index (χ1v) is 8.28. The molecule has 0 aromatic carbocycles. The summed E-state index contributed by atoms with van der Waals surface area (Å²) in [6.45, 7) is 5.92. The first-order valence-electron chi connectivity index (χ1n) is 8.28. The van der Waals surface area contributed by atoms with Crippen LogP contribution >= 0.6 is 0 Å². The molecule has 0 radical (unpaired) electrons. The topological polar surface area (TPSA) is 66.3 Å². The Morgan fingerprint density at radius 2 is 2.08 bits per heavy atom. The van der Waals surface area contributed by atoms with Gasteiger partial charge in [-0.25, -0.2) is 4.79 Å². The average molecular weight is 328 g/mol. The average Bonchev–Trinajstić information content (AvgIpc) is 3.05. The van der Waals surface area contributed by atoms with Crippen molar-refractivity contribution in [2.45, 2.75) is 19.5 Å². The molecule has 2 amide bonds. The van der Waals surface area contributed by atoms with Crippen molar-refractivity contribution in [1.29, 1.82) is 0 Å². The summed E-state index contributed by atoms with van der Waals surface area (Å²) in [6, 6.07) is 4.38. The van der Waals surface area contributed by atoms with Crippen molar-refractivity contribution in [2.24, 2.45) is 7.05 Å². The maximum absolute atomic E-state index is 12.3. The molecule has 0 spiro atoms. The molecule has 1 aliphatic heterocycles. The molecule has 1 saturated heterocycles. The molecule has 2 aromatic rings. The standard InChI is InChI=1S/C17H24N6O/c1-14(16-4-3-5-18-12-16)22-6-8-23(9-7-22)17(24)19-10-15-11-20-21(2)13-15/h3-5,11-14H,6-10H2,1-2H3,(H,19,24). The summed E-state index contributed by atoms with van der Waals surface area (Å²) in [5.74, 6) is 0. The van der Waals surface area contributed by atoms with Gasteiger partial charge in [0.15, 0.2) is 0 Å². The van der Waals surface area contributed by atoms with E-state index in [9.17, 15) is 4.79 Å². The van der Waals surface area contributed by atoms with Crippen molar-refractivity contribution < 1.29 is 4.79 Å². The zero-order valence-electron chi connectivity index (χ0n) is 14.2. The van der Waals surface area contributed by atoms with Crippen LogP contribution in [0.4, 0.5) is 4.79 Å². The molecule has 7 heteroatoms. The number of aryl methyl sites for hydroxylation is 1. The van der Waals surface area contributed by atoms with Gasteiger partial charge in [-0.15, -0.1) is 0 Å². The van der Waals surface area contributed by atoms with Gasteiger partial charge in [-0.1, -0.05) is 6.07 Å². The number of amides is 2. The summed E-state index contributed by atoms with van der Waals surface area (Å²) < 4.78 is 1.74. The Hall–Kier alpha value is -2.41. The fourth-order valence-corrected chi connectivity index (χ4v) is 3.00. The second-order valence-electron chi connectivity index (χ2n) is 6.17. The second-order valence-corrected chi connectivity index (χ2v) is 6.17. The Labute approximate surface area is 142 Å². The quantitative estimate of drug-likeness (QED) is 0.921. The van der Waals surface area contributed by atoms with Crippen LogP contribution in [0.3, 0.4) is 0 Å². The Bertz CT molecular complexity index is 663. The third-order valence-electron chi connectivity index (χ3n) is 4.52. The van der Waals surface area contributed by atoms with E-state index < -0.39 is 0 Å². The van der Waals surface area contributed by atoms with E-state index in [-0.39, 0.29) is 6.03 Å². The first kappa shape index (κ1) is 16.4. The lowest BCUT2D eigenvalue weighted by Crippen LogP contribution is -2.52. The Balaban J connectivity index is 1.47. The van der Waals surface area contributed by atoms with E-state index in [0.717, 1.165) is 31.7 Å². The van der Waals surface area contributed by atoms with Crippen molar-refractivity contribution in [1.82, 2.24) is 29.9 Å². The summed E-state index contributed by atoms with van der Waals surface area (Å²) in [5, 5.41) is 7.07. The Morgan fingerprint density at radius 1 is 1.29 bits per heavy atom. The van der Waals surface area contributed by atoms with E-state index in [4.69, 9.17) is 0 Å². The van der Waals surface area contributed by atoms with E-state index in [1.165, 1.54) is 5.56 Å². The van der Waals surface area contributed by atoms with Crippen molar-refractivity contribution in [3.8, 4) is 0 Å². The monoisotopic (exact) mass is 328 g/mol. The van der Waals surface area contributed by atoms with Crippen LogP contribution < -0.4 is 5.32 Å². The molecule has 0 saturated carbocycles. The zero-order chi connectivity index (χ0) is 16.9. The fraction of sp³-hybridized carbons (Fsp3) is 0.471. The van der Waals surface area contributed by atoms with Gasteiger partial charge in [0.2, 0.25) is 0 Å². The fourth-order valence-electron chi connectivity index (χ4n) is 3.00. The van der Waals surface area contributed by atoms with Gasteiger partial charge in [0, 0.05) is 70.0 Å². The van der Waals surface area contributed by atoms with Gasteiger partial charge >= 0.3 is 6.03 Å². The van der Waals surface area contributed by atoms with E-state index in [2.05, 4.69) is 33.3 Å². The van der Waals surface area contributed by atoms with Crippen LogP contribution in [-0.2, 0) is 13.6 Å². The second kappa shape index (κ2) is 7.44. The molecule has 3 heterocycles. The lowest BCUT2D eigenvalue weighted by molar-refractivity contribution is 0.113. The van der Waals surface area contributed by atoms with Crippen LogP contribution in [0, 0.1) is 0 Å². The SMILES string of the molecule is CC(c1cccnc1)N1CCN(C(=O)NCc2cnn(C)c2)CC1. The minimum atomic E-state index is -0.00691. The molecule has 1 fully saturated rings. The zero-order valence-corrected chi connectivity index (χ0v) is 14.2. The summed E-state index contributed by atoms with van der Waals surface area (Å²) in [6.07, 6.45) is 7.39. The van der Waals surface area contributed by atoms with E-state index in [0.29, 0.717) is 12.6 Å². The lowest BCUT2D eigenvalue weighted by Gasteiger charge is -2.38. The molecule has 1 unspecified atom stereocenters. The molecular weight excluding hydrogens is 304 g/mol. The van der Waals surface area contributed by atoms with Crippen LogP contribution in [0.25, 0.3) is 0 Å². The third kappa shape index (κ3) is 3.91. The summed E-state index contributed by atoms with van der Waals surface area (Å²) in [4.78, 5) is 20.7. The van der Waals surface area contributed by atoms with Crippen molar-refractivity contribution in [3.63, 3.8) is 0 Å². The molecule has 1 N–H and O–H groups in total. The first-order chi connectivity index (χ1) is 11.6. The van der Waals surface area contributed by atoms with Crippen LogP contribution in [0.5, 0.6) is 0 Å². The van der Waals surface area contributed by atoms with Crippen LogP contribution in [0.15, 0.2) is 36.9 Å². The number of carbonyl (C=O) groups excluding carboxylic acids is 1. The van der Waals surface area contributed by atoms with Gasteiger partial charge in [0.05, 0.1) is 6.20 Å². The molecule has 24 heavy (non-hydrogen) atoms. The maximum atomic E-state index is 12.3. The molecule has 128 valence electrons. The van der Waals surface area contributed by atoms with E-state index >= 15 is 0 Å². The molecule has 3 rings (SSSR count). The number of hydrogen-bond donors (Lipinski definition) is 1. The molecular formula is C17H24N6O. The highest BCUT2D eigenvalue weighted by Crippen LogP contribution is 2.20. The Morgan fingerprint density at radius 3 is 2.71 bits per heavy atom. The molecule has 7 nitrogen and oxygen atoms in total. The Kier molecular flexibility index (Phi) is 5.10. The predicted molar refractivity (Wildman–Crippen MR) is 91.2 cm³/mol. The minimum Gasteiger partial charge on any atom is -0.334 e. The van der Waals surface area contributed by atoms with Gasteiger partial charge in [0.1, 0.15) is 0 Å².